The van der Waals surface area contributed by atoms with E-state index in [1.807, 2.05) is 46.2 Å². The number of nitro benzene ring substituents is 1. The van der Waals surface area contributed by atoms with E-state index in [1.54, 1.807) is 79.7 Å². The van der Waals surface area contributed by atoms with Crippen molar-refractivity contribution in [3.63, 3.8) is 0 Å². The summed E-state index contributed by atoms with van der Waals surface area (Å²) in [5, 5.41) is 26.4. The lowest BCUT2D eigenvalue weighted by Crippen LogP contribution is -2.29. The second kappa shape index (κ2) is 21.9. The quantitative estimate of drug-likeness (QED) is 0.0514. The molecule has 22 nitrogen and oxygen atoms in total. The molecule has 4 aromatic heterocycles. The van der Waals surface area contributed by atoms with Crippen molar-refractivity contribution in [3.05, 3.63) is 107 Å². The van der Waals surface area contributed by atoms with Gasteiger partial charge in [0.05, 0.1) is 63.7 Å². The van der Waals surface area contributed by atoms with Gasteiger partial charge in [0.15, 0.2) is 0 Å². The number of fused-ring (bicyclic) bond motifs is 2. The van der Waals surface area contributed by atoms with Crippen molar-refractivity contribution in [2.75, 3.05) is 109 Å². The minimum Gasteiger partial charge on any atom is -0.494 e. The number of benzene rings is 4. The molecule has 0 atom stereocenters. The Kier molecular flexibility index (Phi) is 15.9. The first-order valence-electron chi connectivity index (χ1n) is 20.9. The van der Waals surface area contributed by atoms with Crippen LogP contribution in [0.25, 0.3) is 33.7 Å². The summed E-state index contributed by atoms with van der Waals surface area (Å²) in [6.07, 6.45) is 2.57. The van der Waals surface area contributed by atoms with E-state index in [4.69, 9.17) is 15.2 Å². The maximum Gasteiger partial charge on any atom is 0.294 e. The minimum atomic E-state index is -0.651. The largest absolute Gasteiger partial charge is 0.494 e. The van der Waals surface area contributed by atoms with Crippen molar-refractivity contribution < 1.29 is 23.2 Å². The number of nitro groups is 1. The molecule has 8 rings (SSSR count). The van der Waals surface area contributed by atoms with E-state index in [9.17, 15) is 18.9 Å². The number of para-hydroxylation sites is 2. The monoisotopic (exact) mass is 948 g/mol. The summed E-state index contributed by atoms with van der Waals surface area (Å²) in [4.78, 5) is 44.6. The number of nitrogens with zero attached hydrogens (tertiary/aromatic N) is 15. The summed E-state index contributed by atoms with van der Waals surface area (Å²) < 4.78 is 42.1. The van der Waals surface area contributed by atoms with Crippen LogP contribution in [0.5, 0.6) is 11.5 Å². The number of nitrogens with one attached hydrogen (secondary N) is 2. The number of hydrogen-bond acceptors (Lipinski definition) is 19. The average molecular weight is 949 g/mol. The first-order valence-corrected chi connectivity index (χ1v) is 20.9. The summed E-state index contributed by atoms with van der Waals surface area (Å²) in [5.41, 5.74) is 9.99. The van der Waals surface area contributed by atoms with Gasteiger partial charge in [-0.3, -0.25) is 10.1 Å². The highest BCUT2D eigenvalue weighted by molar-refractivity contribution is 5.82. The Hall–Kier alpha value is -8.38. The molecule has 4 heterocycles. The molecule has 0 fully saturated rings. The highest BCUT2D eigenvalue weighted by Gasteiger charge is 2.23. The molecule has 4 aromatic carbocycles. The maximum atomic E-state index is 14.3. The average Bonchev–Trinajstić information content (AvgIpc) is 3.86. The van der Waals surface area contributed by atoms with Crippen LogP contribution >= 0.6 is 0 Å². The van der Waals surface area contributed by atoms with Crippen LogP contribution in [-0.4, -0.2) is 147 Å². The smallest absolute Gasteiger partial charge is 0.294 e. The zero-order valence-electron chi connectivity index (χ0n) is 38.6. The lowest BCUT2D eigenvalue weighted by molar-refractivity contribution is -0.384. The van der Waals surface area contributed by atoms with Crippen LogP contribution in [0.4, 0.5) is 54.8 Å². The van der Waals surface area contributed by atoms with E-state index >= 15 is 0 Å². The van der Waals surface area contributed by atoms with Crippen molar-refractivity contribution >= 4 is 67.8 Å². The Morgan fingerprint density at radius 1 is 0.652 bits per heavy atom. The number of halogens is 2. The lowest BCUT2D eigenvalue weighted by atomic mass is 10.2. The molecule has 4 N–H and O–H groups in total. The SMILES string of the molecule is C.COc1cc(N(C)CCN(C)C)c(N)cc1Nc1ncnc(-n2nc(F)c3ccccc32)n1.COc1cc(N(C)CCN(C)C)c([N+](=O)[O-])cc1Nc1ncnc(-n2nc(F)c3ccccc32)n1. The zero-order valence-corrected chi connectivity index (χ0v) is 38.6. The van der Waals surface area contributed by atoms with Gasteiger partial charge in [-0.15, -0.1) is 10.2 Å². The molecule has 0 radical (unpaired) electrons. The molecule has 0 saturated heterocycles. The van der Waals surface area contributed by atoms with Gasteiger partial charge in [0.1, 0.15) is 29.8 Å². The Morgan fingerprint density at radius 2 is 1.09 bits per heavy atom. The first kappa shape index (κ1) is 50.0. The van der Waals surface area contributed by atoms with E-state index in [0.29, 0.717) is 63.5 Å². The van der Waals surface area contributed by atoms with Crippen LogP contribution in [0.2, 0.25) is 0 Å². The molecule has 0 amide bonds. The number of nitrogens with two attached hydrogens (primary N) is 1. The van der Waals surface area contributed by atoms with Crippen molar-refractivity contribution in [3.8, 4) is 23.4 Å². The molecule has 0 unspecified atom stereocenters. The molecule has 362 valence electrons. The number of anilines is 7. The Morgan fingerprint density at radius 3 is 1.54 bits per heavy atom. The maximum absolute atomic E-state index is 14.3. The third kappa shape index (κ3) is 11.4. The Bertz CT molecular complexity index is 3060. The normalized spacial score (nSPS) is 11.0. The van der Waals surface area contributed by atoms with Crippen LogP contribution in [0, 0.1) is 22.0 Å². The van der Waals surface area contributed by atoms with Crippen LogP contribution in [0.15, 0.2) is 85.5 Å². The molecule has 0 bridgehead atoms. The van der Waals surface area contributed by atoms with E-state index in [0.717, 1.165) is 18.8 Å². The Labute approximate surface area is 396 Å². The number of likely N-dealkylation sites (N-methyl/N-ethyl adjacent to an activating group) is 4. The van der Waals surface area contributed by atoms with Crippen molar-refractivity contribution in [1.29, 1.82) is 0 Å². The van der Waals surface area contributed by atoms with Crippen molar-refractivity contribution in [1.82, 2.24) is 59.3 Å². The van der Waals surface area contributed by atoms with Crippen molar-refractivity contribution in [2.45, 2.75) is 7.43 Å². The second-order valence-corrected chi connectivity index (χ2v) is 15.8. The van der Waals surface area contributed by atoms with Gasteiger partial charge in [-0.25, -0.2) is 9.97 Å². The molecule has 8 aromatic rings. The number of methoxy groups -OCH3 is 2. The number of aromatic nitrogens is 10. The minimum absolute atomic E-state index is 0. The molecule has 0 saturated carbocycles. The van der Waals surface area contributed by atoms with Gasteiger partial charge in [0.25, 0.3) is 17.6 Å². The van der Waals surface area contributed by atoms with Gasteiger partial charge >= 0.3 is 0 Å². The van der Waals surface area contributed by atoms with Crippen LogP contribution in [-0.2, 0) is 0 Å². The van der Waals surface area contributed by atoms with E-state index < -0.39 is 16.8 Å². The fraction of sp³-hybridized carbons (Fsp3) is 0.289. The number of rotatable bonds is 17. The van der Waals surface area contributed by atoms with E-state index in [1.165, 1.54) is 35.2 Å². The number of ether oxygens (including phenoxy) is 2. The topological polar surface area (TPSA) is 238 Å². The van der Waals surface area contributed by atoms with Crippen LogP contribution in [0.1, 0.15) is 7.43 Å². The molecular formula is C45H54F2N18O4. The van der Waals surface area contributed by atoms with Gasteiger partial charge in [-0.2, -0.15) is 38.1 Å². The van der Waals surface area contributed by atoms with Crippen LogP contribution in [0.3, 0.4) is 0 Å². The molecular weight excluding hydrogens is 895 g/mol. The summed E-state index contributed by atoms with van der Waals surface area (Å²) in [6.45, 7) is 2.98. The molecule has 0 aliphatic carbocycles. The summed E-state index contributed by atoms with van der Waals surface area (Å²) in [6, 6.07) is 20.3. The molecule has 0 aliphatic rings. The second-order valence-electron chi connectivity index (χ2n) is 15.8. The highest BCUT2D eigenvalue weighted by atomic mass is 19.1. The molecule has 0 spiro atoms. The van der Waals surface area contributed by atoms with Gasteiger partial charge in [-0.1, -0.05) is 31.7 Å². The zero-order chi connectivity index (χ0) is 48.6. The first-order chi connectivity index (χ1) is 32.6. The lowest BCUT2D eigenvalue weighted by Gasteiger charge is -2.24. The third-order valence-electron chi connectivity index (χ3n) is 10.5. The number of hydrogen-bond donors (Lipinski definition) is 3. The van der Waals surface area contributed by atoms with Crippen molar-refractivity contribution in [2.24, 2.45) is 0 Å². The van der Waals surface area contributed by atoms with Gasteiger partial charge < -0.3 is 45.4 Å². The van der Waals surface area contributed by atoms with E-state index in [2.05, 4.69) is 60.5 Å². The molecule has 69 heavy (non-hydrogen) atoms. The fourth-order valence-electron chi connectivity index (χ4n) is 6.90. The number of nitrogen functional groups attached to an aromatic ring is 1. The summed E-state index contributed by atoms with van der Waals surface area (Å²) in [5.74, 6) is 0.275. The van der Waals surface area contributed by atoms with Gasteiger partial charge in [0, 0.05) is 58.5 Å². The van der Waals surface area contributed by atoms with E-state index in [-0.39, 0.29) is 42.6 Å². The van der Waals surface area contributed by atoms with Gasteiger partial charge in [0.2, 0.25) is 23.8 Å². The molecule has 0 aliphatic heterocycles. The third-order valence-corrected chi connectivity index (χ3v) is 10.5. The fourth-order valence-corrected chi connectivity index (χ4v) is 6.90. The molecule has 24 heteroatoms. The highest BCUT2D eigenvalue weighted by Crippen LogP contribution is 2.39. The Balaban J connectivity index is 0.000000224. The van der Waals surface area contributed by atoms with Crippen LogP contribution < -0.4 is 35.6 Å². The predicted molar refractivity (Wildman–Crippen MR) is 263 cm³/mol. The standard InChI is InChI=1S/C22H24FN9O3.C22H26FN9O.CH4/c1-29(2)9-10-30(3)17-12-19(35-4)15(11-18(17)32(33)34)26-21-24-13-25-22(27-21)31-16-8-6-5-7-14(16)20(23)28-31;1-30(2)9-10-31(3)18-12-19(33-4)16(11-15(18)24)27-21-25-13-26-22(28-21)32-17-8-6-5-7-14(17)20(23)29-32;/h5-8,11-13H,9-10H2,1-4H3,(H,24,25,26,27);5-8,11-13H,9-10,24H2,1-4H3,(H,25,26,27,28);1H4. The predicted octanol–water partition coefficient (Wildman–Crippen LogP) is 6.33. The summed E-state index contributed by atoms with van der Waals surface area (Å²) in [7, 11) is 14.7. The van der Waals surface area contributed by atoms with Gasteiger partial charge in [-0.05, 0) is 58.5 Å². The summed E-state index contributed by atoms with van der Waals surface area (Å²) >= 11 is 0.